The minimum Gasteiger partial charge on any atom is -0.379 e. The van der Waals surface area contributed by atoms with E-state index in [4.69, 9.17) is 4.74 Å². The van der Waals surface area contributed by atoms with Gasteiger partial charge in [-0.2, -0.15) is 0 Å². The SMILES string of the molecule is CSc1ccc(/C=C2\SC(=O)N(CN3CCOCC3)C2=O)cc1. The van der Waals surface area contributed by atoms with E-state index < -0.39 is 0 Å². The summed E-state index contributed by atoms with van der Waals surface area (Å²) in [4.78, 5) is 29.6. The van der Waals surface area contributed by atoms with E-state index >= 15 is 0 Å². The van der Waals surface area contributed by atoms with Gasteiger partial charge in [-0.3, -0.25) is 19.4 Å². The Kier molecular flexibility index (Phi) is 5.42. The van der Waals surface area contributed by atoms with Gasteiger partial charge in [0.2, 0.25) is 0 Å². The minimum absolute atomic E-state index is 0.200. The molecule has 1 aromatic carbocycles. The van der Waals surface area contributed by atoms with E-state index in [1.165, 1.54) is 9.80 Å². The van der Waals surface area contributed by atoms with Gasteiger partial charge < -0.3 is 4.74 Å². The molecule has 23 heavy (non-hydrogen) atoms. The lowest BCUT2D eigenvalue weighted by Gasteiger charge is -2.29. The molecule has 0 atom stereocenters. The van der Waals surface area contributed by atoms with Crippen molar-refractivity contribution in [3.63, 3.8) is 0 Å². The number of rotatable bonds is 4. The fourth-order valence-corrected chi connectivity index (χ4v) is 3.66. The van der Waals surface area contributed by atoms with E-state index in [0.29, 0.717) is 24.8 Å². The van der Waals surface area contributed by atoms with Gasteiger partial charge in [0.1, 0.15) is 0 Å². The number of carbonyl (C=O) groups is 2. The van der Waals surface area contributed by atoms with Crippen molar-refractivity contribution in [1.82, 2.24) is 9.80 Å². The van der Waals surface area contributed by atoms with E-state index in [2.05, 4.69) is 4.90 Å². The molecule has 2 aliphatic heterocycles. The molecule has 5 nitrogen and oxygen atoms in total. The van der Waals surface area contributed by atoms with Gasteiger partial charge in [0.25, 0.3) is 11.1 Å². The highest BCUT2D eigenvalue weighted by Crippen LogP contribution is 2.32. The molecule has 0 bridgehead atoms. The Bertz CT molecular complexity index is 625. The quantitative estimate of drug-likeness (QED) is 0.615. The van der Waals surface area contributed by atoms with E-state index in [-0.39, 0.29) is 11.1 Å². The topological polar surface area (TPSA) is 49.9 Å². The number of benzene rings is 1. The van der Waals surface area contributed by atoms with Crippen LogP contribution in [0.15, 0.2) is 34.1 Å². The van der Waals surface area contributed by atoms with Crippen LogP contribution in [0.2, 0.25) is 0 Å². The average Bonchev–Trinajstić information content (AvgIpc) is 2.84. The Labute approximate surface area is 144 Å². The maximum absolute atomic E-state index is 12.5. The molecule has 0 aliphatic carbocycles. The number of ether oxygens (including phenoxy) is 1. The minimum atomic E-state index is -0.208. The molecule has 0 N–H and O–H groups in total. The Balaban J connectivity index is 1.70. The molecular formula is C16H18N2O3S2. The van der Waals surface area contributed by atoms with Crippen LogP contribution >= 0.6 is 23.5 Å². The van der Waals surface area contributed by atoms with Gasteiger partial charge in [-0.15, -0.1) is 11.8 Å². The molecule has 3 rings (SSSR count). The van der Waals surface area contributed by atoms with Gasteiger partial charge in [-0.25, -0.2) is 0 Å². The Morgan fingerprint density at radius 1 is 1.22 bits per heavy atom. The first-order chi connectivity index (χ1) is 11.2. The van der Waals surface area contributed by atoms with Gasteiger partial charge >= 0.3 is 0 Å². The third-order valence-electron chi connectivity index (χ3n) is 3.73. The molecule has 2 saturated heterocycles. The molecule has 0 aromatic heterocycles. The summed E-state index contributed by atoms with van der Waals surface area (Å²) in [6, 6.07) is 7.94. The molecule has 0 unspecified atom stereocenters. The van der Waals surface area contributed by atoms with Crippen LogP contribution in [0.4, 0.5) is 4.79 Å². The van der Waals surface area contributed by atoms with Crippen LogP contribution < -0.4 is 0 Å². The largest absolute Gasteiger partial charge is 0.379 e. The van der Waals surface area contributed by atoms with Crippen LogP contribution in [0.3, 0.4) is 0 Å². The highest BCUT2D eigenvalue weighted by molar-refractivity contribution is 8.18. The van der Waals surface area contributed by atoms with Crippen LogP contribution in [0.25, 0.3) is 6.08 Å². The number of amides is 2. The van der Waals surface area contributed by atoms with Crippen LogP contribution in [0, 0.1) is 0 Å². The number of hydrogen-bond donors (Lipinski definition) is 0. The summed E-state index contributed by atoms with van der Waals surface area (Å²) in [6.45, 7) is 3.13. The van der Waals surface area contributed by atoms with Gasteiger partial charge in [-0.05, 0) is 41.8 Å². The van der Waals surface area contributed by atoms with E-state index in [0.717, 1.165) is 30.4 Å². The van der Waals surface area contributed by atoms with Crippen LogP contribution in [0.5, 0.6) is 0 Å². The summed E-state index contributed by atoms with van der Waals surface area (Å²) in [5.41, 5.74) is 0.930. The standard InChI is InChI=1S/C16H18N2O3S2/c1-22-13-4-2-12(3-5-13)10-14-15(19)18(16(20)23-14)11-17-6-8-21-9-7-17/h2-5,10H,6-9,11H2,1H3/b14-10-. The maximum Gasteiger partial charge on any atom is 0.294 e. The number of nitrogens with zero attached hydrogens (tertiary/aromatic N) is 2. The summed E-state index contributed by atoms with van der Waals surface area (Å²) in [7, 11) is 0. The lowest BCUT2D eigenvalue weighted by atomic mass is 10.2. The second-order valence-electron chi connectivity index (χ2n) is 5.25. The summed E-state index contributed by atoms with van der Waals surface area (Å²) in [5, 5.41) is -0.200. The third-order valence-corrected chi connectivity index (χ3v) is 5.38. The predicted octanol–water partition coefficient (Wildman–Crippen LogP) is 2.73. The number of thioether (sulfide) groups is 2. The zero-order valence-electron chi connectivity index (χ0n) is 12.9. The van der Waals surface area contributed by atoms with Crippen molar-refractivity contribution < 1.29 is 14.3 Å². The zero-order chi connectivity index (χ0) is 16.2. The molecule has 1 aromatic rings. The molecular weight excluding hydrogens is 332 g/mol. The van der Waals surface area contributed by atoms with Gasteiger partial charge in [0.15, 0.2) is 0 Å². The Morgan fingerprint density at radius 2 is 1.91 bits per heavy atom. The second kappa shape index (κ2) is 7.53. The van der Waals surface area contributed by atoms with Crippen molar-refractivity contribution in [3.05, 3.63) is 34.7 Å². The van der Waals surface area contributed by atoms with E-state index in [1.807, 2.05) is 30.5 Å². The summed E-state index contributed by atoms with van der Waals surface area (Å²) in [6.07, 6.45) is 3.81. The summed E-state index contributed by atoms with van der Waals surface area (Å²) < 4.78 is 5.29. The van der Waals surface area contributed by atoms with Crippen LogP contribution in [0.1, 0.15) is 5.56 Å². The van der Waals surface area contributed by atoms with Crippen molar-refractivity contribution in [2.75, 3.05) is 39.2 Å². The highest BCUT2D eigenvalue weighted by Gasteiger charge is 2.36. The number of imide groups is 1. The molecule has 2 amide bonds. The van der Waals surface area contributed by atoms with E-state index in [9.17, 15) is 9.59 Å². The Morgan fingerprint density at radius 3 is 2.57 bits per heavy atom. The molecule has 0 saturated carbocycles. The van der Waals surface area contributed by atoms with Crippen molar-refractivity contribution in [2.24, 2.45) is 0 Å². The molecule has 2 fully saturated rings. The smallest absolute Gasteiger partial charge is 0.294 e. The average molecular weight is 350 g/mol. The van der Waals surface area contributed by atoms with Crippen molar-refractivity contribution >= 4 is 40.7 Å². The number of morpholine rings is 1. The van der Waals surface area contributed by atoms with Crippen LogP contribution in [-0.4, -0.2) is 60.2 Å². The first-order valence-corrected chi connectivity index (χ1v) is 9.41. The van der Waals surface area contributed by atoms with Gasteiger partial charge in [-0.1, -0.05) is 12.1 Å². The first-order valence-electron chi connectivity index (χ1n) is 7.37. The lowest BCUT2D eigenvalue weighted by Crippen LogP contribution is -2.45. The molecule has 0 radical (unpaired) electrons. The molecule has 122 valence electrons. The van der Waals surface area contributed by atoms with Crippen LogP contribution in [-0.2, 0) is 9.53 Å². The van der Waals surface area contributed by atoms with Gasteiger partial charge in [0, 0.05) is 18.0 Å². The summed E-state index contributed by atoms with van der Waals surface area (Å²) >= 11 is 2.68. The third kappa shape index (κ3) is 3.98. The summed E-state index contributed by atoms with van der Waals surface area (Å²) in [5.74, 6) is -0.208. The highest BCUT2D eigenvalue weighted by atomic mass is 32.2. The molecule has 7 heteroatoms. The second-order valence-corrected chi connectivity index (χ2v) is 7.13. The number of carbonyl (C=O) groups excluding carboxylic acids is 2. The fraction of sp³-hybridized carbons (Fsp3) is 0.375. The fourth-order valence-electron chi connectivity index (χ4n) is 2.42. The van der Waals surface area contributed by atoms with E-state index in [1.54, 1.807) is 17.8 Å². The molecule has 2 aliphatic rings. The zero-order valence-corrected chi connectivity index (χ0v) is 14.5. The maximum atomic E-state index is 12.5. The normalized spacial score (nSPS) is 21.4. The Hall–Kier alpha value is -1.28. The predicted molar refractivity (Wildman–Crippen MR) is 93.3 cm³/mol. The van der Waals surface area contributed by atoms with Crippen molar-refractivity contribution in [2.45, 2.75) is 4.90 Å². The van der Waals surface area contributed by atoms with Crippen molar-refractivity contribution in [3.8, 4) is 0 Å². The lowest BCUT2D eigenvalue weighted by molar-refractivity contribution is -0.125. The monoisotopic (exact) mass is 350 g/mol. The van der Waals surface area contributed by atoms with Gasteiger partial charge in [0.05, 0.1) is 24.8 Å². The number of hydrogen-bond acceptors (Lipinski definition) is 6. The molecule has 2 heterocycles. The first kappa shape index (κ1) is 16.6. The molecule has 0 spiro atoms. The van der Waals surface area contributed by atoms with Crippen molar-refractivity contribution in [1.29, 1.82) is 0 Å².